The van der Waals surface area contributed by atoms with Crippen molar-refractivity contribution in [3.05, 3.63) is 90.6 Å². The first-order valence-electron chi connectivity index (χ1n) is 11.3. The molecule has 0 aliphatic carbocycles. The first kappa shape index (κ1) is 23.6. The van der Waals surface area contributed by atoms with Crippen LogP contribution in [0.4, 0.5) is 5.82 Å². The summed E-state index contributed by atoms with van der Waals surface area (Å²) in [5.74, 6) is -1.15. The lowest BCUT2D eigenvalue weighted by atomic mass is 10.0. The summed E-state index contributed by atoms with van der Waals surface area (Å²) in [5, 5.41) is 2.73. The van der Waals surface area contributed by atoms with Gasteiger partial charge in [-0.1, -0.05) is 29.8 Å². The van der Waals surface area contributed by atoms with Gasteiger partial charge in [0, 0.05) is 29.6 Å². The number of nitrogens with two attached hydrogens (primary N) is 1. The van der Waals surface area contributed by atoms with E-state index in [1.807, 2.05) is 6.92 Å². The molecule has 10 nitrogen and oxygen atoms in total. The summed E-state index contributed by atoms with van der Waals surface area (Å²) in [6.07, 6.45) is 0.432. The molecule has 0 saturated carbocycles. The fourth-order valence-electron chi connectivity index (χ4n) is 4.63. The molecule has 2 aromatic carbocycles. The van der Waals surface area contributed by atoms with Crippen LogP contribution in [-0.2, 0) is 22.7 Å². The van der Waals surface area contributed by atoms with E-state index in [1.165, 1.54) is 15.5 Å². The van der Waals surface area contributed by atoms with Crippen LogP contribution in [0, 0.1) is 6.92 Å². The fourth-order valence-corrected chi connectivity index (χ4v) is 4.80. The maximum atomic E-state index is 13.3. The Labute approximate surface area is 209 Å². The Balaban J connectivity index is 1.46. The quantitative estimate of drug-likeness (QED) is 0.511. The van der Waals surface area contributed by atoms with Crippen LogP contribution in [0.3, 0.4) is 0 Å². The normalized spacial score (nSPS) is 17.3. The van der Waals surface area contributed by atoms with E-state index in [4.69, 9.17) is 17.3 Å². The summed E-state index contributed by atoms with van der Waals surface area (Å²) in [5.41, 5.74) is 7.84. The topological polar surface area (TPSA) is 136 Å². The van der Waals surface area contributed by atoms with E-state index in [9.17, 15) is 24.0 Å². The zero-order valence-electron chi connectivity index (χ0n) is 19.3. The maximum absolute atomic E-state index is 13.3. The van der Waals surface area contributed by atoms with Gasteiger partial charge in [-0.25, -0.2) is 9.36 Å². The second kappa shape index (κ2) is 8.80. The summed E-state index contributed by atoms with van der Waals surface area (Å²) in [7, 11) is 0. The number of hydrogen-bond donors (Lipinski definition) is 2. The number of halogens is 1. The third-order valence-corrected chi connectivity index (χ3v) is 6.97. The van der Waals surface area contributed by atoms with Gasteiger partial charge in [-0.2, -0.15) is 0 Å². The number of nitrogens with one attached hydrogen (secondary N) is 1. The predicted molar refractivity (Wildman–Crippen MR) is 132 cm³/mol. The molecule has 2 aliphatic heterocycles. The molecular formula is C25H22ClN5O5. The molecule has 5 rings (SSSR count). The first-order chi connectivity index (χ1) is 17.1. The number of carbonyl (C=O) groups is 3. The fraction of sp³-hybridized carbons (Fsp3) is 0.240. The molecule has 184 valence electrons. The Morgan fingerprint density at radius 2 is 1.83 bits per heavy atom. The van der Waals surface area contributed by atoms with Crippen LogP contribution in [-0.4, -0.2) is 37.8 Å². The molecule has 3 N–H and O–H groups in total. The average molecular weight is 508 g/mol. The van der Waals surface area contributed by atoms with Gasteiger partial charge in [0.1, 0.15) is 11.9 Å². The van der Waals surface area contributed by atoms with E-state index in [-0.39, 0.29) is 43.6 Å². The molecule has 3 heterocycles. The van der Waals surface area contributed by atoms with Crippen molar-refractivity contribution >= 4 is 35.1 Å². The minimum Gasteiger partial charge on any atom is -0.385 e. The zero-order chi connectivity index (χ0) is 25.7. The number of hydrogen-bond acceptors (Lipinski definition) is 6. The molecule has 0 radical (unpaired) electrons. The highest BCUT2D eigenvalue weighted by Gasteiger charge is 2.39. The number of nitrogens with zero attached hydrogens (tertiary/aromatic N) is 3. The van der Waals surface area contributed by atoms with Crippen LogP contribution < -0.4 is 22.3 Å². The van der Waals surface area contributed by atoms with Crippen molar-refractivity contribution < 1.29 is 14.4 Å². The van der Waals surface area contributed by atoms with Crippen molar-refractivity contribution in [1.82, 2.24) is 19.4 Å². The van der Waals surface area contributed by atoms with Gasteiger partial charge in [0.2, 0.25) is 11.8 Å². The number of fused-ring (bicyclic) bond motifs is 1. The van der Waals surface area contributed by atoms with Crippen molar-refractivity contribution in [2.24, 2.45) is 0 Å². The second-order valence-corrected chi connectivity index (χ2v) is 9.34. The number of aromatic nitrogens is 2. The number of imide groups is 1. The summed E-state index contributed by atoms with van der Waals surface area (Å²) < 4.78 is 2.27. The van der Waals surface area contributed by atoms with Gasteiger partial charge in [0.15, 0.2) is 0 Å². The van der Waals surface area contributed by atoms with E-state index < -0.39 is 23.2 Å². The molecule has 1 unspecified atom stereocenters. The Hall–Kier alpha value is -4.18. The van der Waals surface area contributed by atoms with Gasteiger partial charge in [0.25, 0.3) is 11.5 Å². The smallest absolute Gasteiger partial charge is 0.337 e. The van der Waals surface area contributed by atoms with Crippen LogP contribution in [0.1, 0.15) is 39.9 Å². The van der Waals surface area contributed by atoms with Crippen LogP contribution >= 0.6 is 11.6 Å². The molecule has 36 heavy (non-hydrogen) atoms. The number of rotatable bonds is 4. The van der Waals surface area contributed by atoms with E-state index in [1.54, 1.807) is 36.4 Å². The molecule has 1 atom stereocenters. The van der Waals surface area contributed by atoms with Gasteiger partial charge in [0.05, 0.1) is 12.2 Å². The lowest BCUT2D eigenvalue weighted by molar-refractivity contribution is -0.136. The predicted octanol–water partition coefficient (Wildman–Crippen LogP) is 1.35. The van der Waals surface area contributed by atoms with Gasteiger partial charge in [-0.3, -0.25) is 29.1 Å². The highest BCUT2D eigenvalue weighted by atomic mass is 35.5. The SMILES string of the molecule is Cc1ccc(-n2c(N)cc(=O)n(Cc3ccc4c(c3)CN(C3CCC(=O)NC3=O)C4=O)c2=O)cc1Cl. The van der Waals surface area contributed by atoms with Crippen LogP contribution in [0.2, 0.25) is 5.02 Å². The molecule has 1 saturated heterocycles. The largest absolute Gasteiger partial charge is 0.385 e. The Kier molecular flexibility index (Phi) is 5.76. The van der Waals surface area contributed by atoms with E-state index >= 15 is 0 Å². The maximum Gasteiger partial charge on any atom is 0.337 e. The van der Waals surface area contributed by atoms with Crippen molar-refractivity contribution in [2.45, 2.75) is 38.9 Å². The summed E-state index contributed by atoms with van der Waals surface area (Å²) in [4.78, 5) is 64.1. The third-order valence-electron chi connectivity index (χ3n) is 6.56. The number of piperidine rings is 1. The highest BCUT2D eigenvalue weighted by molar-refractivity contribution is 6.31. The molecule has 11 heteroatoms. The van der Waals surface area contributed by atoms with Crippen molar-refractivity contribution in [3.8, 4) is 5.69 Å². The molecular weight excluding hydrogens is 486 g/mol. The zero-order valence-corrected chi connectivity index (χ0v) is 20.0. The second-order valence-electron chi connectivity index (χ2n) is 8.94. The molecule has 1 fully saturated rings. The lowest BCUT2D eigenvalue weighted by Gasteiger charge is -2.29. The molecule has 0 spiro atoms. The standard InChI is InChI=1S/C25H22ClN5O5/c1-13-2-4-16(9-18(13)26)31-20(27)10-22(33)30(25(31)36)11-14-3-5-17-15(8-14)12-29(24(17)35)19-6-7-21(32)28-23(19)34/h2-5,8-10,19H,6-7,11-12,27H2,1H3,(H,28,32,34). The number of carbonyl (C=O) groups excluding carboxylic acids is 3. The van der Waals surface area contributed by atoms with Crippen molar-refractivity contribution in [3.63, 3.8) is 0 Å². The van der Waals surface area contributed by atoms with Gasteiger partial charge in [-0.05, 0) is 48.2 Å². The monoisotopic (exact) mass is 507 g/mol. The third kappa shape index (κ3) is 3.99. The minimum absolute atomic E-state index is 0.0133. The van der Waals surface area contributed by atoms with Crippen LogP contribution in [0.15, 0.2) is 52.1 Å². The number of aryl methyl sites for hydroxylation is 1. The van der Waals surface area contributed by atoms with E-state index in [2.05, 4.69) is 5.32 Å². The Morgan fingerprint density at radius 1 is 1.06 bits per heavy atom. The van der Waals surface area contributed by atoms with Crippen LogP contribution in [0.5, 0.6) is 0 Å². The number of amides is 3. The molecule has 3 amide bonds. The molecule has 0 bridgehead atoms. The molecule has 2 aliphatic rings. The van der Waals surface area contributed by atoms with Crippen molar-refractivity contribution in [2.75, 3.05) is 5.73 Å². The van der Waals surface area contributed by atoms with Gasteiger partial charge < -0.3 is 10.6 Å². The van der Waals surface area contributed by atoms with E-state index in [0.29, 0.717) is 27.4 Å². The first-order valence-corrected chi connectivity index (χ1v) is 11.7. The summed E-state index contributed by atoms with van der Waals surface area (Å²) in [6.45, 7) is 1.98. The minimum atomic E-state index is -0.723. The van der Waals surface area contributed by atoms with Crippen molar-refractivity contribution in [1.29, 1.82) is 0 Å². The Morgan fingerprint density at radius 3 is 2.56 bits per heavy atom. The number of nitrogen functional groups attached to an aromatic ring is 1. The van der Waals surface area contributed by atoms with E-state index in [0.717, 1.165) is 10.1 Å². The number of benzene rings is 2. The summed E-state index contributed by atoms with van der Waals surface area (Å²) >= 11 is 6.22. The number of anilines is 1. The highest BCUT2D eigenvalue weighted by Crippen LogP contribution is 2.28. The Bertz CT molecular complexity index is 1570. The summed E-state index contributed by atoms with van der Waals surface area (Å²) in [6, 6.07) is 10.5. The molecule has 1 aromatic heterocycles. The average Bonchev–Trinajstić information content (AvgIpc) is 3.14. The van der Waals surface area contributed by atoms with Crippen LogP contribution in [0.25, 0.3) is 5.69 Å². The van der Waals surface area contributed by atoms with Gasteiger partial charge in [-0.15, -0.1) is 0 Å². The van der Waals surface area contributed by atoms with Gasteiger partial charge >= 0.3 is 5.69 Å². The molecule has 3 aromatic rings. The lowest BCUT2D eigenvalue weighted by Crippen LogP contribution is -2.52.